The number of hydrogen-bond donors (Lipinski definition) is 2. The summed E-state index contributed by atoms with van der Waals surface area (Å²) in [7, 11) is 1.83. The third kappa shape index (κ3) is 5.83. The van der Waals surface area contributed by atoms with E-state index in [9.17, 15) is 5.11 Å². The fourth-order valence-electron chi connectivity index (χ4n) is 4.38. The van der Waals surface area contributed by atoms with Crippen LogP contribution in [0.4, 0.5) is 0 Å². The molecule has 6 heteroatoms. The SMILES string of the molecule is CN=C(NCC1(O)CCCCC1)N1CCC(OCC2CCCCO2)CC1. The standard InChI is InChI=1S/C20H37N3O3/c1-21-19(22-16-20(24)10-4-2-5-11-20)23-12-8-17(9-13-23)26-15-18-7-3-6-14-25-18/h17-18,24H,2-16H2,1H3,(H,21,22). The second kappa shape index (κ2) is 9.90. The van der Waals surface area contributed by atoms with E-state index in [2.05, 4.69) is 15.2 Å². The highest BCUT2D eigenvalue weighted by Crippen LogP contribution is 2.27. The second-order valence-corrected chi connectivity index (χ2v) is 8.19. The van der Waals surface area contributed by atoms with Crippen molar-refractivity contribution >= 4 is 5.96 Å². The summed E-state index contributed by atoms with van der Waals surface area (Å²) in [6.07, 6.45) is 11.6. The Morgan fingerprint density at radius 3 is 2.58 bits per heavy atom. The van der Waals surface area contributed by atoms with Crippen LogP contribution < -0.4 is 5.32 Å². The van der Waals surface area contributed by atoms with Gasteiger partial charge in [-0.1, -0.05) is 19.3 Å². The van der Waals surface area contributed by atoms with E-state index in [4.69, 9.17) is 9.47 Å². The van der Waals surface area contributed by atoms with Crippen molar-refractivity contribution in [1.82, 2.24) is 10.2 Å². The van der Waals surface area contributed by atoms with E-state index in [-0.39, 0.29) is 0 Å². The lowest BCUT2D eigenvalue weighted by Gasteiger charge is -2.37. The fraction of sp³-hybridized carbons (Fsp3) is 0.950. The minimum atomic E-state index is -0.560. The van der Waals surface area contributed by atoms with E-state index in [0.29, 0.717) is 18.8 Å². The van der Waals surface area contributed by atoms with Crippen LogP contribution in [-0.2, 0) is 9.47 Å². The molecular weight excluding hydrogens is 330 g/mol. The molecule has 0 bridgehead atoms. The number of likely N-dealkylation sites (tertiary alicyclic amines) is 1. The first-order valence-corrected chi connectivity index (χ1v) is 10.6. The lowest BCUT2D eigenvalue weighted by atomic mass is 9.85. The summed E-state index contributed by atoms with van der Waals surface area (Å²) in [5.74, 6) is 0.915. The predicted octanol–water partition coefficient (Wildman–Crippen LogP) is 2.31. The van der Waals surface area contributed by atoms with Crippen molar-refractivity contribution < 1.29 is 14.6 Å². The molecule has 150 valence electrons. The minimum Gasteiger partial charge on any atom is -0.388 e. The first-order chi connectivity index (χ1) is 12.7. The summed E-state index contributed by atoms with van der Waals surface area (Å²) < 4.78 is 11.9. The first kappa shape index (κ1) is 19.9. The topological polar surface area (TPSA) is 66.3 Å². The summed E-state index contributed by atoms with van der Waals surface area (Å²) in [4.78, 5) is 6.73. The van der Waals surface area contributed by atoms with Crippen LogP contribution in [0.1, 0.15) is 64.2 Å². The third-order valence-electron chi connectivity index (χ3n) is 6.10. The molecule has 1 saturated carbocycles. The van der Waals surface area contributed by atoms with Crippen molar-refractivity contribution in [2.24, 2.45) is 4.99 Å². The molecule has 26 heavy (non-hydrogen) atoms. The van der Waals surface area contributed by atoms with Gasteiger partial charge < -0.3 is 24.8 Å². The summed E-state index contributed by atoms with van der Waals surface area (Å²) >= 11 is 0. The molecule has 1 unspecified atom stereocenters. The van der Waals surface area contributed by atoms with Gasteiger partial charge in [0.15, 0.2) is 5.96 Å². The lowest BCUT2D eigenvalue weighted by Crippen LogP contribution is -2.51. The number of nitrogens with one attached hydrogen (secondary N) is 1. The maximum Gasteiger partial charge on any atom is 0.193 e. The lowest BCUT2D eigenvalue weighted by molar-refractivity contribution is -0.0722. The largest absolute Gasteiger partial charge is 0.388 e. The highest BCUT2D eigenvalue weighted by atomic mass is 16.5. The number of guanidine groups is 1. The van der Waals surface area contributed by atoms with Gasteiger partial charge in [-0.3, -0.25) is 4.99 Å². The maximum absolute atomic E-state index is 10.7. The summed E-state index contributed by atoms with van der Waals surface area (Å²) in [6.45, 7) is 4.14. The van der Waals surface area contributed by atoms with E-state index in [1.54, 1.807) is 0 Å². The zero-order chi connectivity index (χ0) is 18.2. The quantitative estimate of drug-likeness (QED) is 0.577. The number of ether oxygens (including phenoxy) is 2. The molecule has 0 radical (unpaired) electrons. The van der Waals surface area contributed by atoms with Gasteiger partial charge in [0.25, 0.3) is 0 Å². The Kier molecular flexibility index (Phi) is 7.58. The van der Waals surface area contributed by atoms with Crippen LogP contribution in [0.2, 0.25) is 0 Å². The van der Waals surface area contributed by atoms with E-state index >= 15 is 0 Å². The Hall–Kier alpha value is -0.850. The molecule has 3 fully saturated rings. The van der Waals surface area contributed by atoms with E-state index in [1.165, 1.54) is 19.3 Å². The predicted molar refractivity (Wildman–Crippen MR) is 104 cm³/mol. The highest BCUT2D eigenvalue weighted by Gasteiger charge is 2.30. The van der Waals surface area contributed by atoms with Gasteiger partial charge >= 0.3 is 0 Å². The molecule has 0 aromatic carbocycles. The smallest absolute Gasteiger partial charge is 0.193 e. The van der Waals surface area contributed by atoms with Gasteiger partial charge in [-0.05, 0) is 44.9 Å². The van der Waals surface area contributed by atoms with Crippen molar-refractivity contribution in [2.45, 2.75) is 82.0 Å². The maximum atomic E-state index is 10.7. The normalized spacial score (nSPS) is 28.2. The van der Waals surface area contributed by atoms with Crippen molar-refractivity contribution in [1.29, 1.82) is 0 Å². The van der Waals surface area contributed by atoms with Crippen LogP contribution in [0.25, 0.3) is 0 Å². The Morgan fingerprint density at radius 1 is 1.15 bits per heavy atom. The Morgan fingerprint density at radius 2 is 1.92 bits per heavy atom. The molecule has 1 aliphatic carbocycles. The summed E-state index contributed by atoms with van der Waals surface area (Å²) in [5, 5.41) is 14.1. The minimum absolute atomic E-state index is 0.299. The van der Waals surface area contributed by atoms with E-state index < -0.39 is 5.60 Å². The molecule has 2 N–H and O–H groups in total. The van der Waals surface area contributed by atoms with Crippen LogP contribution in [-0.4, -0.2) is 73.7 Å². The molecule has 0 amide bonds. The zero-order valence-corrected chi connectivity index (χ0v) is 16.4. The van der Waals surface area contributed by atoms with Crippen LogP contribution in [0.5, 0.6) is 0 Å². The molecule has 0 aromatic rings. The van der Waals surface area contributed by atoms with Crippen molar-refractivity contribution in [3.8, 4) is 0 Å². The van der Waals surface area contributed by atoms with Crippen LogP contribution in [0.15, 0.2) is 4.99 Å². The molecule has 2 heterocycles. The number of rotatable bonds is 5. The second-order valence-electron chi connectivity index (χ2n) is 8.19. The Labute approximate surface area is 158 Å². The third-order valence-corrected chi connectivity index (χ3v) is 6.10. The van der Waals surface area contributed by atoms with Crippen LogP contribution >= 0.6 is 0 Å². The summed E-state index contributed by atoms with van der Waals surface area (Å²) in [6, 6.07) is 0. The number of aliphatic hydroxyl groups is 1. The van der Waals surface area contributed by atoms with E-state index in [0.717, 1.165) is 77.2 Å². The number of aliphatic imine (C=N–C) groups is 1. The number of hydrogen-bond acceptors (Lipinski definition) is 4. The Bertz CT molecular complexity index is 438. The van der Waals surface area contributed by atoms with Crippen molar-refractivity contribution in [3.05, 3.63) is 0 Å². The molecular formula is C20H37N3O3. The van der Waals surface area contributed by atoms with Gasteiger partial charge in [0, 0.05) is 33.3 Å². The Balaban J connectivity index is 1.37. The van der Waals surface area contributed by atoms with Gasteiger partial charge in [0.05, 0.1) is 24.4 Å². The molecule has 1 atom stereocenters. The average molecular weight is 368 g/mol. The molecule has 3 rings (SSSR count). The van der Waals surface area contributed by atoms with E-state index in [1.807, 2.05) is 7.05 Å². The average Bonchev–Trinajstić information content (AvgIpc) is 2.69. The van der Waals surface area contributed by atoms with Gasteiger partial charge in [-0.25, -0.2) is 0 Å². The van der Waals surface area contributed by atoms with Gasteiger partial charge in [-0.2, -0.15) is 0 Å². The molecule has 6 nitrogen and oxygen atoms in total. The molecule has 0 aromatic heterocycles. The van der Waals surface area contributed by atoms with Gasteiger partial charge in [0.1, 0.15) is 0 Å². The molecule has 0 spiro atoms. The number of nitrogens with zero attached hydrogens (tertiary/aromatic N) is 2. The fourth-order valence-corrected chi connectivity index (χ4v) is 4.38. The number of piperidine rings is 1. The first-order valence-electron chi connectivity index (χ1n) is 10.6. The molecule has 2 aliphatic heterocycles. The van der Waals surface area contributed by atoms with Crippen molar-refractivity contribution in [2.75, 3.05) is 39.9 Å². The zero-order valence-electron chi connectivity index (χ0n) is 16.4. The van der Waals surface area contributed by atoms with Gasteiger partial charge in [-0.15, -0.1) is 0 Å². The summed E-state index contributed by atoms with van der Waals surface area (Å²) in [5.41, 5.74) is -0.560. The van der Waals surface area contributed by atoms with Gasteiger partial charge in [0.2, 0.25) is 0 Å². The highest BCUT2D eigenvalue weighted by molar-refractivity contribution is 5.80. The molecule has 3 aliphatic rings. The van der Waals surface area contributed by atoms with Crippen LogP contribution in [0, 0.1) is 0 Å². The van der Waals surface area contributed by atoms with Crippen LogP contribution in [0.3, 0.4) is 0 Å². The monoisotopic (exact) mass is 367 g/mol. The molecule has 2 saturated heterocycles. The van der Waals surface area contributed by atoms with Crippen molar-refractivity contribution in [3.63, 3.8) is 0 Å².